The molecule has 0 aromatic heterocycles. The number of hydrogen-bond donors (Lipinski definition) is 1. The number of carboxylic acids is 1. The van der Waals surface area contributed by atoms with E-state index in [1.54, 1.807) is 0 Å². The van der Waals surface area contributed by atoms with Crippen LogP contribution in [0, 0.1) is 0 Å². The van der Waals surface area contributed by atoms with Crippen molar-refractivity contribution >= 4 is 5.97 Å². The molecule has 1 N–H and O–H groups in total. The summed E-state index contributed by atoms with van der Waals surface area (Å²) in [5.74, 6) is -0.134. The van der Waals surface area contributed by atoms with Gasteiger partial charge in [-0.05, 0) is 26.0 Å². The first-order chi connectivity index (χ1) is 11.1. The zero-order valence-electron chi connectivity index (χ0n) is 14.4. The normalized spacial score (nSPS) is 21.1. The third kappa shape index (κ3) is 4.03. The smallest absolute Gasteiger partial charge is 0.325 e. The first kappa shape index (κ1) is 17.8. The largest absolute Gasteiger partial charge is 0.494 e. The van der Waals surface area contributed by atoms with Crippen molar-refractivity contribution in [3.05, 3.63) is 29.8 Å². The molecule has 0 radical (unpaired) electrons. The summed E-state index contributed by atoms with van der Waals surface area (Å²) in [4.78, 5) is 16.5. The monoisotopic (exact) mass is 320 g/mol. The number of para-hydroxylation sites is 1. The van der Waals surface area contributed by atoms with Crippen molar-refractivity contribution in [2.24, 2.45) is 0 Å². The number of carbonyl (C=O) groups is 1. The standard InChI is InChI=1S/C18H28N2O3/c1-4-14-13-20(12-11-19(14)5-2)17(18(21)22)15-9-7-8-10-16(15)23-6-3/h7-10,14,17H,4-6,11-13H2,1-3H3,(H,21,22). The minimum Gasteiger partial charge on any atom is -0.494 e. The highest BCUT2D eigenvalue weighted by atomic mass is 16.5. The zero-order chi connectivity index (χ0) is 16.8. The Balaban J connectivity index is 2.27. The third-order valence-electron chi connectivity index (χ3n) is 4.63. The number of piperazine rings is 1. The summed E-state index contributed by atoms with van der Waals surface area (Å²) in [6.07, 6.45) is 1.03. The molecule has 1 saturated heterocycles. The Labute approximate surface area is 138 Å². The van der Waals surface area contributed by atoms with E-state index < -0.39 is 12.0 Å². The molecule has 0 aliphatic carbocycles. The quantitative estimate of drug-likeness (QED) is 0.837. The van der Waals surface area contributed by atoms with Crippen molar-refractivity contribution in [2.75, 3.05) is 32.8 Å². The second-order valence-electron chi connectivity index (χ2n) is 5.90. The van der Waals surface area contributed by atoms with Gasteiger partial charge in [0, 0.05) is 31.2 Å². The summed E-state index contributed by atoms with van der Waals surface area (Å²) >= 11 is 0. The molecule has 0 spiro atoms. The van der Waals surface area contributed by atoms with Gasteiger partial charge in [0.05, 0.1) is 6.61 Å². The lowest BCUT2D eigenvalue weighted by molar-refractivity contribution is -0.145. The molecule has 2 atom stereocenters. The maximum Gasteiger partial charge on any atom is 0.325 e. The second kappa shape index (κ2) is 8.31. The van der Waals surface area contributed by atoms with Crippen LogP contribution in [-0.2, 0) is 4.79 Å². The van der Waals surface area contributed by atoms with E-state index in [4.69, 9.17) is 4.74 Å². The minimum absolute atomic E-state index is 0.412. The van der Waals surface area contributed by atoms with Gasteiger partial charge in [-0.1, -0.05) is 32.0 Å². The number of carboxylic acid groups (broad SMARTS) is 1. The van der Waals surface area contributed by atoms with E-state index in [1.165, 1.54) is 0 Å². The number of nitrogens with zero attached hydrogens (tertiary/aromatic N) is 2. The molecule has 2 unspecified atom stereocenters. The predicted octanol–water partition coefficient (Wildman–Crippen LogP) is 2.63. The van der Waals surface area contributed by atoms with Crippen LogP contribution in [0.2, 0.25) is 0 Å². The molecular weight excluding hydrogens is 292 g/mol. The van der Waals surface area contributed by atoms with Gasteiger partial charge in [0.1, 0.15) is 11.8 Å². The molecule has 0 amide bonds. The van der Waals surface area contributed by atoms with Crippen LogP contribution in [0.5, 0.6) is 5.75 Å². The molecule has 1 aromatic rings. The van der Waals surface area contributed by atoms with Gasteiger partial charge in [-0.3, -0.25) is 14.6 Å². The van der Waals surface area contributed by atoms with Crippen LogP contribution in [-0.4, -0.2) is 59.7 Å². The Hall–Kier alpha value is -1.59. The van der Waals surface area contributed by atoms with E-state index in [0.717, 1.165) is 38.2 Å². The summed E-state index contributed by atoms with van der Waals surface area (Å²) in [6.45, 7) is 10.3. The van der Waals surface area contributed by atoms with Crippen molar-refractivity contribution in [3.8, 4) is 5.75 Å². The minimum atomic E-state index is -0.808. The number of rotatable bonds is 7. The molecule has 0 saturated carbocycles. The van der Waals surface area contributed by atoms with Crippen molar-refractivity contribution in [3.63, 3.8) is 0 Å². The SMILES string of the molecule is CCOc1ccccc1C(C(=O)O)N1CCN(CC)C(CC)C1. The lowest BCUT2D eigenvalue weighted by atomic mass is 10.0. The summed E-state index contributed by atoms with van der Waals surface area (Å²) in [7, 11) is 0. The maximum atomic E-state index is 12.0. The average Bonchev–Trinajstić information content (AvgIpc) is 2.56. The first-order valence-corrected chi connectivity index (χ1v) is 8.54. The van der Waals surface area contributed by atoms with Gasteiger partial charge < -0.3 is 9.84 Å². The number of hydrogen-bond acceptors (Lipinski definition) is 4. The predicted molar refractivity (Wildman–Crippen MR) is 90.9 cm³/mol. The molecule has 1 fully saturated rings. The van der Waals surface area contributed by atoms with Crippen molar-refractivity contribution < 1.29 is 14.6 Å². The number of likely N-dealkylation sites (N-methyl/N-ethyl adjacent to an activating group) is 1. The fourth-order valence-electron chi connectivity index (χ4n) is 3.43. The van der Waals surface area contributed by atoms with Gasteiger partial charge in [-0.25, -0.2) is 0 Å². The Morgan fingerprint density at radius 2 is 2.04 bits per heavy atom. The molecule has 1 aliphatic heterocycles. The van der Waals surface area contributed by atoms with Crippen molar-refractivity contribution in [1.82, 2.24) is 9.80 Å². The van der Waals surface area contributed by atoms with E-state index >= 15 is 0 Å². The number of aliphatic carboxylic acids is 1. The summed E-state index contributed by atoms with van der Waals surface area (Å²) < 4.78 is 5.65. The van der Waals surface area contributed by atoms with E-state index in [-0.39, 0.29) is 0 Å². The summed E-state index contributed by atoms with van der Waals surface area (Å²) in [5.41, 5.74) is 0.752. The van der Waals surface area contributed by atoms with Crippen molar-refractivity contribution in [1.29, 1.82) is 0 Å². The van der Waals surface area contributed by atoms with Gasteiger partial charge in [0.15, 0.2) is 0 Å². The Morgan fingerprint density at radius 3 is 2.65 bits per heavy atom. The molecule has 128 valence electrons. The fraction of sp³-hybridized carbons (Fsp3) is 0.611. The average molecular weight is 320 g/mol. The van der Waals surface area contributed by atoms with Gasteiger partial charge >= 0.3 is 5.97 Å². The zero-order valence-corrected chi connectivity index (χ0v) is 14.4. The lowest BCUT2D eigenvalue weighted by Gasteiger charge is -2.43. The van der Waals surface area contributed by atoms with Crippen LogP contribution in [0.3, 0.4) is 0 Å². The highest BCUT2D eigenvalue weighted by Crippen LogP contribution is 2.31. The maximum absolute atomic E-state index is 12.0. The van der Waals surface area contributed by atoms with Crippen LogP contribution in [0.1, 0.15) is 38.8 Å². The van der Waals surface area contributed by atoms with Crippen LogP contribution in [0.15, 0.2) is 24.3 Å². The molecule has 5 heteroatoms. The summed E-state index contributed by atoms with van der Waals surface area (Å²) in [5, 5.41) is 9.84. The van der Waals surface area contributed by atoms with E-state index in [2.05, 4.69) is 23.6 Å². The van der Waals surface area contributed by atoms with E-state index in [0.29, 0.717) is 18.4 Å². The van der Waals surface area contributed by atoms with Crippen LogP contribution < -0.4 is 4.74 Å². The second-order valence-corrected chi connectivity index (χ2v) is 5.90. The van der Waals surface area contributed by atoms with E-state index in [1.807, 2.05) is 31.2 Å². The molecule has 0 bridgehead atoms. The van der Waals surface area contributed by atoms with Crippen molar-refractivity contribution in [2.45, 2.75) is 39.3 Å². The van der Waals surface area contributed by atoms with Crippen LogP contribution in [0.4, 0.5) is 0 Å². The van der Waals surface area contributed by atoms with Crippen LogP contribution >= 0.6 is 0 Å². The molecule has 23 heavy (non-hydrogen) atoms. The van der Waals surface area contributed by atoms with Gasteiger partial charge in [-0.15, -0.1) is 0 Å². The highest BCUT2D eigenvalue weighted by molar-refractivity contribution is 5.76. The summed E-state index contributed by atoms with van der Waals surface area (Å²) in [6, 6.07) is 7.26. The molecular formula is C18H28N2O3. The Bertz CT molecular complexity index is 521. The molecule has 1 aromatic carbocycles. The Morgan fingerprint density at radius 1 is 1.30 bits per heavy atom. The van der Waals surface area contributed by atoms with Crippen LogP contribution in [0.25, 0.3) is 0 Å². The third-order valence-corrected chi connectivity index (χ3v) is 4.63. The lowest BCUT2D eigenvalue weighted by Crippen LogP contribution is -2.54. The fourth-order valence-corrected chi connectivity index (χ4v) is 3.43. The highest BCUT2D eigenvalue weighted by Gasteiger charge is 2.35. The molecule has 2 rings (SSSR count). The van der Waals surface area contributed by atoms with Gasteiger partial charge in [0.25, 0.3) is 0 Å². The van der Waals surface area contributed by atoms with Gasteiger partial charge in [-0.2, -0.15) is 0 Å². The number of benzene rings is 1. The van der Waals surface area contributed by atoms with E-state index in [9.17, 15) is 9.90 Å². The molecule has 1 heterocycles. The topological polar surface area (TPSA) is 53.0 Å². The number of ether oxygens (including phenoxy) is 1. The molecule has 1 aliphatic rings. The first-order valence-electron chi connectivity index (χ1n) is 8.54. The Kier molecular flexibility index (Phi) is 6.42. The molecule has 5 nitrogen and oxygen atoms in total. The van der Waals surface area contributed by atoms with Gasteiger partial charge in [0.2, 0.25) is 0 Å².